The van der Waals surface area contributed by atoms with Crippen molar-refractivity contribution < 1.29 is 9.47 Å². The van der Waals surface area contributed by atoms with E-state index in [0.29, 0.717) is 19.1 Å². The summed E-state index contributed by atoms with van der Waals surface area (Å²) in [7, 11) is 0. The Morgan fingerprint density at radius 2 is 1.78 bits per heavy atom. The lowest BCUT2D eigenvalue weighted by Gasteiger charge is -2.25. The van der Waals surface area contributed by atoms with Crippen molar-refractivity contribution in [3.63, 3.8) is 0 Å². The molecule has 0 saturated carbocycles. The fourth-order valence-corrected chi connectivity index (χ4v) is 3.04. The highest BCUT2D eigenvalue weighted by Crippen LogP contribution is 2.34. The van der Waals surface area contributed by atoms with E-state index in [1.165, 1.54) is 16.7 Å². The van der Waals surface area contributed by atoms with Crippen LogP contribution in [0.4, 0.5) is 0 Å². The molecule has 0 aromatic heterocycles. The van der Waals surface area contributed by atoms with Gasteiger partial charge in [0.05, 0.1) is 0 Å². The molecule has 0 spiro atoms. The van der Waals surface area contributed by atoms with E-state index in [-0.39, 0.29) is 6.04 Å². The molecule has 0 saturated heterocycles. The lowest BCUT2D eigenvalue weighted by atomic mass is 9.95. The highest BCUT2D eigenvalue weighted by Gasteiger charge is 2.19. The lowest BCUT2D eigenvalue weighted by Crippen LogP contribution is -2.26. The Labute approximate surface area is 138 Å². The average Bonchev–Trinajstić information content (AvgIpc) is 2.55. The summed E-state index contributed by atoms with van der Waals surface area (Å²) in [5, 5.41) is 3.69. The smallest absolute Gasteiger partial charge is 0.161 e. The molecule has 0 amide bonds. The molecule has 2 aromatic carbocycles. The summed E-state index contributed by atoms with van der Waals surface area (Å²) in [5.41, 5.74) is 3.86. The molecule has 0 aliphatic carbocycles. The number of nitrogens with one attached hydrogen (secondary N) is 1. The Morgan fingerprint density at radius 1 is 1.00 bits per heavy atom. The van der Waals surface area contributed by atoms with Crippen molar-refractivity contribution in [3.05, 3.63) is 59.2 Å². The standard InChI is InChI=1S/C20H25NO2/c1-14(2)20(21-13-16-6-4-5-15(3)11-16)17-7-8-18-19(12-17)23-10-9-22-18/h4-8,11-12,14,20-21H,9-10,13H2,1-3H3. The van der Waals surface area contributed by atoms with Crippen LogP contribution in [0.15, 0.2) is 42.5 Å². The first-order chi connectivity index (χ1) is 11.1. The SMILES string of the molecule is Cc1cccc(CNC(c2ccc3c(c2)OCCO3)C(C)C)c1. The van der Waals surface area contributed by atoms with E-state index in [4.69, 9.17) is 9.47 Å². The third-order valence-corrected chi connectivity index (χ3v) is 4.20. The van der Waals surface area contributed by atoms with Crippen molar-refractivity contribution in [2.75, 3.05) is 13.2 Å². The third-order valence-electron chi connectivity index (χ3n) is 4.20. The van der Waals surface area contributed by atoms with Gasteiger partial charge < -0.3 is 14.8 Å². The van der Waals surface area contributed by atoms with Crippen LogP contribution in [0.5, 0.6) is 11.5 Å². The van der Waals surface area contributed by atoms with Crippen LogP contribution < -0.4 is 14.8 Å². The molecule has 1 heterocycles. The summed E-state index contributed by atoms with van der Waals surface area (Å²) >= 11 is 0. The van der Waals surface area contributed by atoms with Crippen LogP contribution in [-0.2, 0) is 6.54 Å². The van der Waals surface area contributed by atoms with Crippen molar-refractivity contribution in [3.8, 4) is 11.5 Å². The average molecular weight is 311 g/mol. The van der Waals surface area contributed by atoms with E-state index < -0.39 is 0 Å². The predicted molar refractivity (Wildman–Crippen MR) is 93.0 cm³/mol. The van der Waals surface area contributed by atoms with Crippen LogP contribution in [0.3, 0.4) is 0 Å². The molecule has 1 atom stereocenters. The van der Waals surface area contributed by atoms with Gasteiger partial charge in [0.2, 0.25) is 0 Å². The fourth-order valence-electron chi connectivity index (χ4n) is 3.04. The second-order valence-corrected chi connectivity index (χ2v) is 6.49. The summed E-state index contributed by atoms with van der Waals surface area (Å²) in [6.45, 7) is 8.73. The summed E-state index contributed by atoms with van der Waals surface area (Å²) in [4.78, 5) is 0. The third kappa shape index (κ3) is 3.85. The first-order valence-electron chi connectivity index (χ1n) is 8.32. The van der Waals surface area contributed by atoms with Gasteiger partial charge in [-0.05, 0) is 36.1 Å². The van der Waals surface area contributed by atoms with Crippen molar-refractivity contribution in [2.45, 2.75) is 33.4 Å². The van der Waals surface area contributed by atoms with Crippen LogP contribution in [-0.4, -0.2) is 13.2 Å². The highest BCUT2D eigenvalue weighted by atomic mass is 16.6. The van der Waals surface area contributed by atoms with Gasteiger partial charge in [-0.3, -0.25) is 0 Å². The number of benzene rings is 2. The van der Waals surface area contributed by atoms with Crippen molar-refractivity contribution in [1.29, 1.82) is 0 Å². The van der Waals surface area contributed by atoms with Crippen LogP contribution >= 0.6 is 0 Å². The van der Waals surface area contributed by atoms with Crippen LogP contribution in [0.25, 0.3) is 0 Å². The zero-order chi connectivity index (χ0) is 16.2. The maximum absolute atomic E-state index is 5.72. The fraction of sp³-hybridized carbons (Fsp3) is 0.400. The number of aryl methyl sites for hydroxylation is 1. The second-order valence-electron chi connectivity index (χ2n) is 6.49. The maximum Gasteiger partial charge on any atom is 0.161 e. The molecule has 3 nitrogen and oxygen atoms in total. The lowest BCUT2D eigenvalue weighted by molar-refractivity contribution is 0.171. The van der Waals surface area contributed by atoms with Crippen LogP contribution in [0, 0.1) is 12.8 Å². The van der Waals surface area contributed by atoms with Crippen LogP contribution in [0.1, 0.15) is 36.6 Å². The van der Waals surface area contributed by atoms with Crippen LogP contribution in [0.2, 0.25) is 0 Å². The molecule has 0 fully saturated rings. The molecule has 1 N–H and O–H groups in total. The Hall–Kier alpha value is -2.00. The minimum atomic E-state index is 0.284. The number of hydrogen-bond donors (Lipinski definition) is 1. The zero-order valence-corrected chi connectivity index (χ0v) is 14.1. The van der Waals surface area contributed by atoms with Gasteiger partial charge in [-0.15, -0.1) is 0 Å². The highest BCUT2D eigenvalue weighted by molar-refractivity contribution is 5.44. The van der Waals surface area contributed by atoms with E-state index in [2.05, 4.69) is 62.5 Å². The van der Waals surface area contributed by atoms with Gasteiger partial charge in [0.1, 0.15) is 13.2 Å². The first-order valence-corrected chi connectivity index (χ1v) is 8.32. The monoisotopic (exact) mass is 311 g/mol. The molecular weight excluding hydrogens is 286 g/mol. The van der Waals surface area contributed by atoms with Gasteiger partial charge in [-0.25, -0.2) is 0 Å². The number of rotatable bonds is 5. The molecule has 2 aromatic rings. The van der Waals surface area contributed by atoms with E-state index in [1.54, 1.807) is 0 Å². The molecule has 122 valence electrons. The predicted octanol–water partition coefficient (Wildman–Crippen LogP) is 4.25. The summed E-state index contributed by atoms with van der Waals surface area (Å²) < 4.78 is 11.3. The minimum Gasteiger partial charge on any atom is -0.486 e. The quantitative estimate of drug-likeness (QED) is 0.895. The van der Waals surface area contributed by atoms with Crippen molar-refractivity contribution >= 4 is 0 Å². The summed E-state index contributed by atoms with van der Waals surface area (Å²) in [6.07, 6.45) is 0. The normalized spacial score (nSPS) is 14.8. The molecule has 23 heavy (non-hydrogen) atoms. The molecule has 1 unspecified atom stereocenters. The van der Waals surface area contributed by atoms with Crippen molar-refractivity contribution in [1.82, 2.24) is 5.32 Å². The topological polar surface area (TPSA) is 30.5 Å². The van der Waals surface area contributed by atoms with E-state index in [0.717, 1.165) is 18.0 Å². The second kappa shape index (κ2) is 7.05. The van der Waals surface area contributed by atoms with Gasteiger partial charge in [0.15, 0.2) is 11.5 Å². The Bertz CT molecular complexity index is 666. The zero-order valence-electron chi connectivity index (χ0n) is 14.1. The molecule has 1 aliphatic rings. The molecular formula is C20H25NO2. The molecule has 0 bridgehead atoms. The molecule has 0 radical (unpaired) electrons. The molecule has 3 heteroatoms. The minimum absolute atomic E-state index is 0.284. The van der Waals surface area contributed by atoms with Gasteiger partial charge in [-0.2, -0.15) is 0 Å². The first kappa shape index (κ1) is 15.9. The molecule has 3 rings (SSSR count). The number of ether oxygens (including phenoxy) is 2. The van der Waals surface area contributed by atoms with Gasteiger partial charge >= 0.3 is 0 Å². The van der Waals surface area contributed by atoms with E-state index in [9.17, 15) is 0 Å². The number of hydrogen-bond acceptors (Lipinski definition) is 3. The van der Waals surface area contributed by atoms with Gasteiger partial charge in [-0.1, -0.05) is 49.7 Å². The number of fused-ring (bicyclic) bond motifs is 1. The Kier molecular flexibility index (Phi) is 4.87. The maximum atomic E-state index is 5.72. The Balaban J connectivity index is 1.76. The van der Waals surface area contributed by atoms with E-state index in [1.807, 2.05) is 6.07 Å². The summed E-state index contributed by atoms with van der Waals surface area (Å²) in [6, 6.07) is 15.2. The van der Waals surface area contributed by atoms with Crippen molar-refractivity contribution in [2.24, 2.45) is 5.92 Å². The van der Waals surface area contributed by atoms with Gasteiger partial charge in [0.25, 0.3) is 0 Å². The largest absolute Gasteiger partial charge is 0.486 e. The molecule has 1 aliphatic heterocycles. The Morgan fingerprint density at radius 3 is 2.52 bits per heavy atom. The summed E-state index contributed by atoms with van der Waals surface area (Å²) in [5.74, 6) is 2.19. The van der Waals surface area contributed by atoms with E-state index >= 15 is 0 Å². The van der Waals surface area contributed by atoms with Gasteiger partial charge in [0, 0.05) is 12.6 Å².